The van der Waals surface area contributed by atoms with E-state index in [1.165, 1.54) is 11.8 Å². The molecule has 0 bridgehead atoms. The Kier molecular flexibility index (Phi) is 6.41. The number of hydrogen-bond donors (Lipinski definition) is 2. The number of benzene rings is 1. The number of carboxylic acids is 1. The number of carbonyl (C=O) groups is 2. The first-order valence-electron chi connectivity index (χ1n) is 9.48. The highest BCUT2D eigenvalue weighted by molar-refractivity contribution is 5.71. The number of aliphatic carboxylic acids is 1. The second-order valence-corrected chi connectivity index (χ2v) is 8.75. The highest BCUT2D eigenvalue weighted by Crippen LogP contribution is 2.38. The van der Waals surface area contributed by atoms with Crippen molar-refractivity contribution in [2.75, 3.05) is 0 Å². The quantitative estimate of drug-likeness (QED) is 0.798. The van der Waals surface area contributed by atoms with E-state index in [0.717, 1.165) is 5.56 Å². The molecule has 1 saturated heterocycles. The minimum absolute atomic E-state index is 0.400. The predicted molar refractivity (Wildman–Crippen MR) is 104 cm³/mol. The van der Waals surface area contributed by atoms with Crippen LogP contribution in [0.2, 0.25) is 0 Å². The van der Waals surface area contributed by atoms with E-state index < -0.39 is 47.6 Å². The molecule has 1 aromatic carbocycles. The lowest BCUT2D eigenvalue weighted by Gasteiger charge is -2.35. The summed E-state index contributed by atoms with van der Waals surface area (Å²) in [6.07, 6.45) is -2.31. The molecule has 1 aliphatic rings. The fourth-order valence-corrected chi connectivity index (χ4v) is 3.47. The van der Waals surface area contributed by atoms with Gasteiger partial charge in [-0.15, -0.1) is 0 Å². The van der Waals surface area contributed by atoms with Gasteiger partial charge in [0.2, 0.25) is 0 Å². The Morgan fingerprint density at radius 3 is 2.32 bits per heavy atom. The van der Waals surface area contributed by atoms with Gasteiger partial charge in [-0.1, -0.05) is 30.3 Å². The lowest BCUT2D eigenvalue weighted by molar-refractivity contribution is -0.153. The van der Waals surface area contributed by atoms with E-state index in [1.807, 2.05) is 30.3 Å². The topological polar surface area (TPSA) is 96.3 Å². The van der Waals surface area contributed by atoms with E-state index in [9.17, 15) is 19.8 Å². The first-order chi connectivity index (χ1) is 12.8. The van der Waals surface area contributed by atoms with E-state index in [-0.39, 0.29) is 0 Å². The molecule has 4 atom stereocenters. The lowest BCUT2D eigenvalue weighted by atomic mass is 9.91. The second kappa shape index (κ2) is 8.09. The van der Waals surface area contributed by atoms with Crippen LogP contribution in [-0.4, -0.2) is 56.8 Å². The van der Waals surface area contributed by atoms with Gasteiger partial charge in [-0.05, 0) is 53.5 Å². The molecular formula is C21H31NO6. The summed E-state index contributed by atoms with van der Waals surface area (Å²) in [7, 11) is 0. The summed E-state index contributed by atoms with van der Waals surface area (Å²) >= 11 is 0. The zero-order valence-electron chi connectivity index (χ0n) is 17.4. The summed E-state index contributed by atoms with van der Waals surface area (Å²) < 4.78 is 11.6. The first kappa shape index (κ1) is 22.2. The number of aliphatic hydroxyl groups excluding tert-OH is 1. The second-order valence-electron chi connectivity index (χ2n) is 8.75. The summed E-state index contributed by atoms with van der Waals surface area (Å²) in [5, 5.41) is 20.0. The molecule has 2 N–H and O–H groups in total. The van der Waals surface area contributed by atoms with Crippen LogP contribution in [0.3, 0.4) is 0 Å². The molecule has 0 aliphatic carbocycles. The van der Waals surface area contributed by atoms with Crippen LogP contribution in [0.5, 0.6) is 0 Å². The number of carboxylic acid groups (broad SMARTS) is 1. The van der Waals surface area contributed by atoms with Gasteiger partial charge in [0, 0.05) is 0 Å². The van der Waals surface area contributed by atoms with Crippen LogP contribution in [0.1, 0.15) is 47.1 Å². The monoisotopic (exact) mass is 393 g/mol. The fraction of sp³-hybridized carbons (Fsp3) is 0.619. The highest BCUT2D eigenvalue weighted by atomic mass is 16.6. The van der Waals surface area contributed by atoms with Gasteiger partial charge in [-0.25, -0.2) is 4.79 Å². The van der Waals surface area contributed by atoms with Gasteiger partial charge in [-0.2, -0.15) is 0 Å². The minimum atomic E-state index is -1.28. The lowest BCUT2D eigenvalue weighted by Crippen LogP contribution is -2.52. The maximum atomic E-state index is 13.0. The molecule has 2 rings (SSSR count). The molecule has 156 valence electrons. The van der Waals surface area contributed by atoms with E-state index in [1.54, 1.807) is 34.6 Å². The maximum absolute atomic E-state index is 13.0. The third-order valence-corrected chi connectivity index (χ3v) is 4.83. The van der Waals surface area contributed by atoms with Gasteiger partial charge in [0.05, 0.1) is 18.1 Å². The highest BCUT2D eigenvalue weighted by Gasteiger charge is 2.54. The van der Waals surface area contributed by atoms with Crippen LogP contribution in [0.25, 0.3) is 0 Å². The van der Waals surface area contributed by atoms with Crippen LogP contribution in [-0.2, 0) is 20.7 Å². The molecular weight excluding hydrogens is 362 g/mol. The Hall–Kier alpha value is -2.12. The molecule has 1 aromatic rings. The summed E-state index contributed by atoms with van der Waals surface area (Å²) in [4.78, 5) is 25.9. The zero-order chi connectivity index (χ0) is 21.3. The number of aliphatic hydroxyl groups is 1. The first-order valence-corrected chi connectivity index (χ1v) is 9.48. The molecule has 1 aliphatic heterocycles. The largest absolute Gasteiger partial charge is 0.481 e. The van der Waals surface area contributed by atoms with Gasteiger partial charge in [-0.3, -0.25) is 9.69 Å². The van der Waals surface area contributed by atoms with Gasteiger partial charge in [0.1, 0.15) is 17.4 Å². The number of amides is 1. The molecule has 0 saturated carbocycles. The Morgan fingerprint density at radius 1 is 1.25 bits per heavy atom. The molecule has 0 spiro atoms. The van der Waals surface area contributed by atoms with Crippen molar-refractivity contribution in [3.05, 3.63) is 35.9 Å². The van der Waals surface area contributed by atoms with Gasteiger partial charge >= 0.3 is 12.1 Å². The fourth-order valence-electron chi connectivity index (χ4n) is 3.47. The van der Waals surface area contributed by atoms with Gasteiger partial charge in [0.25, 0.3) is 0 Å². The SMILES string of the molecule is CC(C(=O)O)C(O)C1OC(C)(C)N(C(=O)OC(C)(C)C)C1Cc1ccccc1. The molecule has 1 fully saturated rings. The van der Waals surface area contributed by atoms with Crippen molar-refractivity contribution in [1.82, 2.24) is 4.90 Å². The average molecular weight is 393 g/mol. The van der Waals surface area contributed by atoms with E-state index in [4.69, 9.17) is 9.47 Å². The normalized spacial score (nSPS) is 23.9. The number of hydrogen-bond acceptors (Lipinski definition) is 5. The molecule has 7 nitrogen and oxygen atoms in total. The van der Waals surface area contributed by atoms with E-state index in [2.05, 4.69) is 0 Å². The average Bonchev–Trinajstić information content (AvgIpc) is 2.83. The maximum Gasteiger partial charge on any atom is 0.412 e. The molecule has 1 heterocycles. The Bertz CT molecular complexity index is 697. The number of ether oxygens (including phenoxy) is 2. The third kappa shape index (κ3) is 5.02. The van der Waals surface area contributed by atoms with Crippen molar-refractivity contribution < 1.29 is 29.3 Å². The zero-order valence-corrected chi connectivity index (χ0v) is 17.4. The molecule has 28 heavy (non-hydrogen) atoms. The summed E-state index contributed by atoms with van der Waals surface area (Å²) in [6, 6.07) is 8.93. The standard InChI is InChI=1S/C21H31NO6/c1-13(18(24)25)16(23)17-15(12-14-10-8-7-9-11-14)22(21(5,6)27-17)19(26)28-20(2,3)4/h7-11,13,15-17,23H,12H2,1-6H3,(H,24,25). The van der Waals surface area contributed by atoms with E-state index >= 15 is 0 Å². The Labute approximate surface area is 166 Å². The van der Waals surface area contributed by atoms with Crippen molar-refractivity contribution in [1.29, 1.82) is 0 Å². The van der Waals surface area contributed by atoms with Crippen molar-refractivity contribution >= 4 is 12.1 Å². The van der Waals surface area contributed by atoms with E-state index in [0.29, 0.717) is 6.42 Å². The molecule has 0 aromatic heterocycles. The number of rotatable bonds is 5. The molecule has 0 radical (unpaired) electrons. The number of nitrogens with zero attached hydrogens (tertiary/aromatic N) is 1. The molecule has 7 heteroatoms. The summed E-state index contributed by atoms with van der Waals surface area (Å²) in [5.74, 6) is -2.17. The Balaban J connectivity index is 2.41. The smallest absolute Gasteiger partial charge is 0.412 e. The summed E-state index contributed by atoms with van der Waals surface area (Å²) in [5.41, 5.74) is -0.816. The molecule has 1 amide bonds. The minimum Gasteiger partial charge on any atom is -0.481 e. The number of carbonyl (C=O) groups excluding carboxylic acids is 1. The van der Waals surface area contributed by atoms with Crippen LogP contribution < -0.4 is 0 Å². The van der Waals surface area contributed by atoms with Gasteiger partial charge in [0.15, 0.2) is 0 Å². The van der Waals surface area contributed by atoms with Gasteiger partial charge < -0.3 is 19.7 Å². The Morgan fingerprint density at radius 2 is 1.82 bits per heavy atom. The van der Waals surface area contributed by atoms with Crippen molar-refractivity contribution in [2.45, 2.75) is 77.5 Å². The van der Waals surface area contributed by atoms with Crippen molar-refractivity contribution in [3.63, 3.8) is 0 Å². The predicted octanol–water partition coefficient (Wildman–Crippen LogP) is 3.05. The van der Waals surface area contributed by atoms with Crippen LogP contribution >= 0.6 is 0 Å². The summed E-state index contributed by atoms with van der Waals surface area (Å²) in [6.45, 7) is 10.2. The molecule has 4 unspecified atom stereocenters. The van der Waals surface area contributed by atoms with Crippen molar-refractivity contribution in [2.24, 2.45) is 5.92 Å². The third-order valence-electron chi connectivity index (χ3n) is 4.83. The van der Waals surface area contributed by atoms with Crippen molar-refractivity contribution in [3.8, 4) is 0 Å². The van der Waals surface area contributed by atoms with Crippen LogP contribution in [0.15, 0.2) is 30.3 Å². The van der Waals surface area contributed by atoms with Crippen LogP contribution in [0.4, 0.5) is 4.79 Å². The van der Waals surface area contributed by atoms with Crippen LogP contribution in [0, 0.1) is 5.92 Å².